The monoisotopic (exact) mass is 456 g/mol. The number of benzene rings is 2. The predicted molar refractivity (Wildman–Crippen MR) is 131 cm³/mol. The standard InChI is InChI=1S/C25H24N6O3/c26-19-8-4-5-9-20(19)29-23(32)17-10-11-22(27-15-17)31-13-12-25(16-31)14-21(30-34-25)24(33)28-18-6-2-1-3-7-18/h1-11,15H,12-14,16,26H2,(H,28,33)(H,29,32). The Labute approximate surface area is 196 Å². The van der Waals surface area contributed by atoms with Crippen molar-refractivity contribution in [3.8, 4) is 0 Å². The largest absolute Gasteiger partial charge is 0.397 e. The van der Waals surface area contributed by atoms with Gasteiger partial charge in [0.2, 0.25) is 0 Å². The lowest BCUT2D eigenvalue weighted by atomic mass is 9.96. The number of carbonyl (C=O) groups is 2. The van der Waals surface area contributed by atoms with Gasteiger partial charge < -0.3 is 26.1 Å². The average molecular weight is 457 g/mol. The van der Waals surface area contributed by atoms with Gasteiger partial charge >= 0.3 is 0 Å². The molecule has 1 spiro atoms. The maximum Gasteiger partial charge on any atom is 0.273 e. The first-order valence-corrected chi connectivity index (χ1v) is 11.0. The minimum absolute atomic E-state index is 0.255. The summed E-state index contributed by atoms with van der Waals surface area (Å²) in [6.07, 6.45) is 2.69. The molecule has 1 atom stereocenters. The molecule has 5 rings (SSSR count). The lowest BCUT2D eigenvalue weighted by Gasteiger charge is -2.22. The number of nitrogen functional groups attached to an aromatic ring is 1. The van der Waals surface area contributed by atoms with Crippen LogP contribution in [0.25, 0.3) is 0 Å². The third kappa shape index (κ3) is 4.40. The van der Waals surface area contributed by atoms with Gasteiger partial charge in [0.05, 0.1) is 23.5 Å². The summed E-state index contributed by atoms with van der Waals surface area (Å²) in [5.74, 6) is 0.198. The third-order valence-electron chi connectivity index (χ3n) is 5.99. The zero-order valence-corrected chi connectivity index (χ0v) is 18.4. The SMILES string of the molecule is Nc1ccccc1NC(=O)c1ccc(N2CCC3(CC(C(=O)Nc4ccccc4)=NO3)C2)nc1. The van der Waals surface area contributed by atoms with Gasteiger partial charge in [-0.15, -0.1) is 0 Å². The Morgan fingerprint density at radius 1 is 0.971 bits per heavy atom. The Balaban J connectivity index is 1.19. The second-order valence-electron chi connectivity index (χ2n) is 8.43. The molecule has 1 aromatic heterocycles. The summed E-state index contributed by atoms with van der Waals surface area (Å²) in [5.41, 5.74) is 7.93. The number of hydrogen-bond acceptors (Lipinski definition) is 7. The number of anilines is 4. The summed E-state index contributed by atoms with van der Waals surface area (Å²) < 4.78 is 0. The van der Waals surface area contributed by atoms with Gasteiger partial charge in [0.25, 0.3) is 11.8 Å². The van der Waals surface area contributed by atoms with Crippen LogP contribution in [0.4, 0.5) is 22.9 Å². The summed E-state index contributed by atoms with van der Waals surface area (Å²) in [7, 11) is 0. The first kappa shape index (κ1) is 21.4. The number of amides is 2. The van der Waals surface area contributed by atoms with Crippen molar-refractivity contribution in [1.29, 1.82) is 0 Å². The molecule has 0 aliphatic carbocycles. The Hall–Kier alpha value is -4.40. The van der Waals surface area contributed by atoms with E-state index in [4.69, 9.17) is 10.6 Å². The zero-order valence-electron chi connectivity index (χ0n) is 18.4. The number of aromatic nitrogens is 1. The zero-order chi connectivity index (χ0) is 23.5. The van der Waals surface area contributed by atoms with Crippen LogP contribution in [0.1, 0.15) is 23.2 Å². The van der Waals surface area contributed by atoms with E-state index in [-0.39, 0.29) is 11.8 Å². The molecule has 3 aromatic rings. The Kier molecular flexibility index (Phi) is 5.59. The van der Waals surface area contributed by atoms with Crippen LogP contribution in [-0.2, 0) is 9.63 Å². The molecule has 4 N–H and O–H groups in total. The maximum absolute atomic E-state index is 12.6. The minimum atomic E-state index is -0.550. The van der Waals surface area contributed by atoms with Crippen molar-refractivity contribution in [2.24, 2.45) is 5.16 Å². The molecular formula is C25H24N6O3. The lowest BCUT2D eigenvalue weighted by molar-refractivity contribution is -0.110. The van der Waals surface area contributed by atoms with E-state index < -0.39 is 5.60 Å². The van der Waals surface area contributed by atoms with Crippen LogP contribution < -0.4 is 21.3 Å². The van der Waals surface area contributed by atoms with Gasteiger partial charge in [0.15, 0.2) is 5.60 Å². The molecule has 2 aromatic carbocycles. The molecule has 9 nitrogen and oxygen atoms in total. The first-order chi connectivity index (χ1) is 16.5. The van der Waals surface area contributed by atoms with Gasteiger partial charge in [-0.1, -0.05) is 35.5 Å². The highest BCUT2D eigenvalue weighted by Gasteiger charge is 2.47. The number of pyridine rings is 1. The predicted octanol–water partition coefficient (Wildman–Crippen LogP) is 3.28. The van der Waals surface area contributed by atoms with Crippen molar-refractivity contribution in [1.82, 2.24) is 4.98 Å². The van der Waals surface area contributed by atoms with E-state index in [2.05, 4.69) is 25.7 Å². The topological polar surface area (TPSA) is 122 Å². The number of oxime groups is 1. The molecule has 0 saturated carbocycles. The van der Waals surface area contributed by atoms with Crippen molar-refractivity contribution < 1.29 is 14.4 Å². The Bertz CT molecular complexity index is 1250. The number of para-hydroxylation sites is 3. The van der Waals surface area contributed by atoms with Crippen LogP contribution in [0.5, 0.6) is 0 Å². The molecule has 3 heterocycles. The number of carbonyl (C=O) groups excluding carboxylic acids is 2. The Morgan fingerprint density at radius 2 is 1.76 bits per heavy atom. The molecule has 1 saturated heterocycles. The van der Waals surface area contributed by atoms with E-state index in [9.17, 15) is 9.59 Å². The number of hydrogen-bond donors (Lipinski definition) is 3. The quantitative estimate of drug-likeness (QED) is 0.507. The van der Waals surface area contributed by atoms with Crippen molar-refractivity contribution in [3.63, 3.8) is 0 Å². The van der Waals surface area contributed by atoms with Gasteiger partial charge in [0.1, 0.15) is 11.5 Å². The summed E-state index contributed by atoms with van der Waals surface area (Å²) >= 11 is 0. The van der Waals surface area contributed by atoms with E-state index in [0.717, 1.165) is 12.2 Å². The molecular weight excluding hydrogens is 432 g/mol. The maximum atomic E-state index is 12.6. The molecule has 1 unspecified atom stereocenters. The fraction of sp³-hybridized carbons (Fsp3) is 0.200. The van der Waals surface area contributed by atoms with Crippen LogP contribution in [-0.4, -0.2) is 41.2 Å². The van der Waals surface area contributed by atoms with E-state index in [0.29, 0.717) is 47.8 Å². The number of rotatable bonds is 5. The van der Waals surface area contributed by atoms with Crippen LogP contribution in [0, 0.1) is 0 Å². The molecule has 1 fully saturated rings. The van der Waals surface area contributed by atoms with E-state index in [1.54, 1.807) is 30.5 Å². The van der Waals surface area contributed by atoms with Gasteiger partial charge in [-0.25, -0.2) is 4.98 Å². The number of nitrogens with two attached hydrogens (primary N) is 1. The molecule has 9 heteroatoms. The highest BCUT2D eigenvalue weighted by molar-refractivity contribution is 6.43. The van der Waals surface area contributed by atoms with Gasteiger partial charge in [-0.3, -0.25) is 9.59 Å². The van der Waals surface area contributed by atoms with E-state index >= 15 is 0 Å². The van der Waals surface area contributed by atoms with Crippen molar-refractivity contribution in [2.45, 2.75) is 18.4 Å². The fourth-order valence-electron chi connectivity index (χ4n) is 4.14. The van der Waals surface area contributed by atoms with Gasteiger partial charge in [-0.2, -0.15) is 0 Å². The molecule has 172 valence electrons. The molecule has 2 amide bonds. The Morgan fingerprint density at radius 3 is 2.53 bits per heavy atom. The second-order valence-corrected chi connectivity index (χ2v) is 8.43. The van der Waals surface area contributed by atoms with E-state index in [1.807, 2.05) is 42.5 Å². The van der Waals surface area contributed by atoms with Gasteiger partial charge in [-0.05, 0) is 36.4 Å². The van der Waals surface area contributed by atoms with Crippen LogP contribution in [0.2, 0.25) is 0 Å². The first-order valence-electron chi connectivity index (χ1n) is 11.0. The second kappa shape index (κ2) is 8.86. The normalized spacial score (nSPS) is 18.9. The van der Waals surface area contributed by atoms with Crippen LogP contribution in [0.15, 0.2) is 78.1 Å². The summed E-state index contributed by atoms with van der Waals surface area (Å²) in [5, 5.41) is 9.72. The lowest BCUT2D eigenvalue weighted by Crippen LogP contribution is -2.35. The van der Waals surface area contributed by atoms with Crippen molar-refractivity contribution >= 4 is 40.4 Å². The minimum Gasteiger partial charge on any atom is -0.397 e. The van der Waals surface area contributed by atoms with Crippen molar-refractivity contribution in [3.05, 3.63) is 78.5 Å². The molecule has 34 heavy (non-hydrogen) atoms. The summed E-state index contributed by atoms with van der Waals surface area (Å²) in [6.45, 7) is 1.26. The number of nitrogens with one attached hydrogen (secondary N) is 2. The van der Waals surface area contributed by atoms with Crippen LogP contribution in [0.3, 0.4) is 0 Å². The average Bonchev–Trinajstić information content (AvgIpc) is 3.48. The molecule has 0 radical (unpaired) electrons. The van der Waals surface area contributed by atoms with E-state index in [1.165, 1.54) is 0 Å². The molecule has 2 aliphatic heterocycles. The fourth-order valence-corrected chi connectivity index (χ4v) is 4.14. The summed E-state index contributed by atoms with van der Waals surface area (Å²) in [6, 6.07) is 19.9. The number of nitrogens with zero attached hydrogens (tertiary/aromatic N) is 3. The third-order valence-corrected chi connectivity index (χ3v) is 5.99. The molecule has 2 aliphatic rings. The smallest absolute Gasteiger partial charge is 0.273 e. The highest BCUT2D eigenvalue weighted by atomic mass is 16.7. The molecule has 0 bridgehead atoms. The summed E-state index contributed by atoms with van der Waals surface area (Å²) in [4.78, 5) is 37.4. The van der Waals surface area contributed by atoms with Gasteiger partial charge in [0, 0.05) is 31.3 Å². The highest BCUT2D eigenvalue weighted by Crippen LogP contribution is 2.35. The van der Waals surface area contributed by atoms with Crippen LogP contribution >= 0.6 is 0 Å². The van der Waals surface area contributed by atoms with Crippen molar-refractivity contribution in [2.75, 3.05) is 34.4 Å².